The number of nitrogens with zero attached hydrogens (tertiary/aromatic N) is 4. The first kappa shape index (κ1) is 37.4. The van der Waals surface area contributed by atoms with Crippen LogP contribution in [0, 0.1) is 15.9 Å². The molecule has 4 aromatic heterocycles. The molecule has 0 N–H and O–H groups in total. The third kappa shape index (κ3) is 6.41. The number of hydrogen-bond acceptors (Lipinski definition) is 3. The Morgan fingerprint density at radius 3 is 1.87 bits per heavy atom. The van der Waals surface area contributed by atoms with Crippen LogP contribution in [0.5, 0.6) is 11.5 Å². The molecule has 0 aliphatic heterocycles. The average molecular weight is 1010 g/mol. The first-order valence-electron chi connectivity index (χ1n) is 20.7. The second-order valence-corrected chi connectivity index (χ2v) is 17.3. The molecular weight excluding hydrogens is 972 g/mol. The first-order chi connectivity index (χ1) is 31.2. The van der Waals surface area contributed by atoms with Gasteiger partial charge in [-0.1, -0.05) is 30.3 Å². The maximum atomic E-state index is 6.68. The molecule has 0 spiro atoms. The van der Waals surface area contributed by atoms with E-state index in [4.69, 9.17) is 9.72 Å². The fourth-order valence-electron chi connectivity index (χ4n) is 8.85. The van der Waals surface area contributed by atoms with Crippen molar-refractivity contribution in [1.29, 1.82) is 0 Å². The fraction of sp³-hybridized carbons (Fsp3) is 0. The fourth-order valence-corrected chi connectivity index (χ4v) is 10.9. The van der Waals surface area contributed by atoms with Gasteiger partial charge in [0.25, 0.3) is 0 Å². The monoisotopic (exact) mass is 1010 g/mol. The molecule has 0 aliphatic rings. The van der Waals surface area contributed by atoms with Gasteiger partial charge in [0.1, 0.15) is 0 Å². The van der Waals surface area contributed by atoms with Gasteiger partial charge in [0.2, 0.25) is 0 Å². The zero-order valence-electron chi connectivity index (χ0n) is 33.6. The second-order valence-electron chi connectivity index (χ2n) is 15.3. The van der Waals surface area contributed by atoms with E-state index >= 15 is 0 Å². The van der Waals surface area contributed by atoms with Gasteiger partial charge in [0.15, 0.2) is 0 Å². The Labute approximate surface area is 378 Å². The number of ether oxygens (including phenoxy) is 1. The molecule has 0 atom stereocenters. The molecule has 63 heavy (non-hydrogen) atoms. The van der Waals surface area contributed by atoms with Crippen molar-refractivity contribution in [2.75, 3.05) is 0 Å². The number of rotatable bonds is 8. The quantitative estimate of drug-likeness (QED) is 0.142. The van der Waals surface area contributed by atoms with Gasteiger partial charge in [-0.25, -0.2) is 0 Å². The van der Waals surface area contributed by atoms with Crippen LogP contribution in [0.3, 0.4) is 0 Å². The van der Waals surface area contributed by atoms with E-state index in [1.54, 1.807) is 11.3 Å². The number of thiophene rings is 1. The van der Waals surface area contributed by atoms with Gasteiger partial charge in [0, 0.05) is 22.0 Å². The minimum absolute atomic E-state index is 0.589. The van der Waals surface area contributed by atoms with Crippen LogP contribution >= 0.6 is 11.3 Å². The summed E-state index contributed by atoms with van der Waals surface area (Å²) in [7, 11) is 0. The summed E-state index contributed by atoms with van der Waals surface area (Å²) in [6.07, 6.45) is 1.98. The molecule has 0 amide bonds. The van der Waals surface area contributed by atoms with Gasteiger partial charge >= 0.3 is 294 Å². The maximum absolute atomic E-state index is 6.68. The Balaban J connectivity index is 0.956. The SMILES string of the molecule is [Pt]=[c]1n(-c2[c-]c(Oc3[c-]c4c(cc3)c3ccccc3n4-c3ccc(-c4cccc5ccsc45)cn3)ccc2)c2ccccc2n1-c1c(-c2ccccc2)cccc1-c1ccccc1. The van der Waals surface area contributed by atoms with Gasteiger partial charge in [-0.3, -0.25) is 0 Å². The molecule has 4 heterocycles. The van der Waals surface area contributed by atoms with Crippen LogP contribution in [0.4, 0.5) is 0 Å². The van der Waals surface area contributed by atoms with Gasteiger partial charge < -0.3 is 0 Å². The van der Waals surface area contributed by atoms with Gasteiger partial charge in [-0.2, -0.15) is 0 Å². The molecule has 12 aromatic rings. The van der Waals surface area contributed by atoms with Crippen LogP contribution in [0.1, 0.15) is 0 Å². The third-order valence-corrected chi connectivity index (χ3v) is 13.7. The van der Waals surface area contributed by atoms with Crippen molar-refractivity contribution >= 4 is 54.3 Å². The van der Waals surface area contributed by atoms with Crippen LogP contribution in [-0.2, 0) is 19.4 Å². The summed E-state index contributed by atoms with van der Waals surface area (Å²) in [6, 6.07) is 75.2. The van der Waals surface area contributed by atoms with Crippen molar-refractivity contribution < 1.29 is 24.1 Å². The summed E-state index contributed by atoms with van der Waals surface area (Å²) in [6.45, 7) is 0. The minimum atomic E-state index is 0.589. The van der Waals surface area contributed by atoms with E-state index in [0.29, 0.717) is 11.5 Å². The standard InChI is InChI=1S/C56H34N4OS.Pt/c1-3-14-38(15-4-1)45-22-13-23-46(39-16-5-2-6-17-39)55(45)59-37-58(51-26-9-10-27-52(51)59)42-19-12-20-43(34-42)61-44-29-30-49-48-21-7-8-25-50(48)60(53(49)35-44)54-31-28-41(36-57-54)47-24-11-18-40-32-33-62-56(40)47;/h1-33,36H;/q-2;. The molecule has 0 saturated carbocycles. The van der Waals surface area contributed by atoms with Crippen molar-refractivity contribution in [3.63, 3.8) is 0 Å². The Bertz CT molecular complexity index is 3680. The van der Waals surface area contributed by atoms with E-state index in [1.165, 1.54) is 15.6 Å². The zero-order chi connectivity index (χ0) is 41.9. The summed E-state index contributed by atoms with van der Waals surface area (Å²) >= 11 is 4.23. The van der Waals surface area contributed by atoms with Gasteiger partial charge in [0.05, 0.1) is 0 Å². The number of aromatic nitrogens is 4. The van der Waals surface area contributed by atoms with E-state index in [9.17, 15) is 0 Å². The Morgan fingerprint density at radius 2 is 1.13 bits per heavy atom. The molecule has 0 aliphatic carbocycles. The molecule has 302 valence electrons. The summed E-state index contributed by atoms with van der Waals surface area (Å²) in [4.78, 5) is 5.05. The average Bonchev–Trinajstić information content (AvgIpc) is 4.04. The normalized spacial score (nSPS) is 11.6. The van der Waals surface area contributed by atoms with Crippen molar-refractivity contribution in [2.45, 2.75) is 0 Å². The predicted octanol–water partition coefficient (Wildman–Crippen LogP) is 14.6. The van der Waals surface area contributed by atoms with Crippen LogP contribution in [-0.4, -0.2) is 18.7 Å². The van der Waals surface area contributed by atoms with Crippen LogP contribution in [0.25, 0.3) is 93.5 Å². The number of hydrogen-bond donors (Lipinski definition) is 0. The van der Waals surface area contributed by atoms with Crippen LogP contribution < -0.4 is 4.74 Å². The van der Waals surface area contributed by atoms with E-state index in [0.717, 1.165) is 81.7 Å². The molecule has 0 saturated heterocycles. The number of para-hydroxylation sites is 4. The molecule has 0 bridgehead atoms. The molecule has 0 radical (unpaired) electrons. The molecule has 8 aromatic carbocycles. The van der Waals surface area contributed by atoms with Crippen molar-refractivity contribution in [3.8, 4) is 62.1 Å². The first-order valence-corrected chi connectivity index (χ1v) is 22.7. The Morgan fingerprint density at radius 1 is 0.476 bits per heavy atom. The van der Waals surface area contributed by atoms with Gasteiger partial charge in [-0.05, 0) is 22.9 Å². The van der Waals surface area contributed by atoms with Crippen molar-refractivity contribution in [2.24, 2.45) is 0 Å². The van der Waals surface area contributed by atoms with Crippen LogP contribution in [0.15, 0.2) is 206 Å². The number of imidazole rings is 1. The van der Waals surface area contributed by atoms with E-state index in [1.807, 2.05) is 24.4 Å². The van der Waals surface area contributed by atoms with Gasteiger partial charge in [-0.15, -0.1) is 11.3 Å². The number of pyridine rings is 1. The predicted molar refractivity (Wildman–Crippen MR) is 254 cm³/mol. The second kappa shape index (κ2) is 15.5. The van der Waals surface area contributed by atoms with E-state index < -0.39 is 0 Å². The molecule has 12 rings (SSSR count). The Kier molecular flexibility index (Phi) is 9.21. The molecule has 5 nitrogen and oxygen atoms in total. The van der Waals surface area contributed by atoms with Crippen molar-refractivity contribution in [3.05, 3.63) is 222 Å². The van der Waals surface area contributed by atoms with Crippen molar-refractivity contribution in [1.82, 2.24) is 18.7 Å². The summed E-state index contributed by atoms with van der Waals surface area (Å²) in [5, 5.41) is 5.60. The summed E-state index contributed by atoms with van der Waals surface area (Å²) < 4.78 is 15.8. The molecule has 0 unspecified atom stereocenters. The van der Waals surface area contributed by atoms with E-state index in [2.05, 4.69) is 226 Å². The molecular formula is C56H34N4OPtS-2. The zero-order valence-corrected chi connectivity index (χ0v) is 36.6. The number of benzene rings is 8. The number of fused-ring (bicyclic) bond motifs is 5. The summed E-state index contributed by atoms with van der Waals surface area (Å²) in [5.41, 5.74) is 12.9. The third-order valence-electron chi connectivity index (χ3n) is 11.7. The van der Waals surface area contributed by atoms with Crippen LogP contribution in [0.2, 0.25) is 0 Å². The molecule has 0 fully saturated rings. The topological polar surface area (TPSA) is 36.9 Å². The molecule has 7 heteroatoms. The van der Waals surface area contributed by atoms with E-state index in [-0.39, 0.29) is 0 Å². The Hall–Kier alpha value is -7.37. The summed E-state index contributed by atoms with van der Waals surface area (Å²) in [5.74, 6) is 2.00.